The predicted molar refractivity (Wildman–Crippen MR) is 125 cm³/mol. The first-order valence-electron chi connectivity index (χ1n) is 10.4. The quantitative estimate of drug-likeness (QED) is 0.253. The number of thioether (sulfide) groups is 1. The number of aromatic nitrogens is 6. The van der Waals surface area contributed by atoms with Crippen molar-refractivity contribution < 1.29 is 9.26 Å². The summed E-state index contributed by atoms with van der Waals surface area (Å²) in [4.78, 5) is 17.4. The van der Waals surface area contributed by atoms with E-state index in [0.717, 1.165) is 11.1 Å². The number of rotatable bonds is 8. The summed E-state index contributed by atoms with van der Waals surface area (Å²) in [6.45, 7) is 6.56. The Bertz CT molecular complexity index is 1520. The molecule has 5 rings (SSSR count). The van der Waals surface area contributed by atoms with E-state index in [4.69, 9.17) is 9.26 Å². The van der Waals surface area contributed by atoms with Crippen LogP contribution < -0.4 is 10.3 Å². The molecule has 0 fully saturated rings. The Morgan fingerprint density at radius 3 is 2.82 bits per heavy atom. The molecule has 3 heterocycles. The molecule has 0 bridgehead atoms. The fourth-order valence-corrected chi connectivity index (χ4v) is 4.38. The Morgan fingerprint density at radius 2 is 1.97 bits per heavy atom. The molecule has 10 heteroatoms. The van der Waals surface area contributed by atoms with Crippen molar-refractivity contribution >= 4 is 28.4 Å². The third-order valence-corrected chi connectivity index (χ3v) is 5.92. The van der Waals surface area contributed by atoms with Gasteiger partial charge >= 0.3 is 0 Å². The zero-order valence-corrected chi connectivity index (χ0v) is 18.7. The van der Waals surface area contributed by atoms with E-state index in [-0.39, 0.29) is 5.56 Å². The highest BCUT2D eigenvalue weighted by atomic mass is 32.2. The highest BCUT2D eigenvalue weighted by molar-refractivity contribution is 7.98. The normalized spacial score (nSPS) is 11.3. The summed E-state index contributed by atoms with van der Waals surface area (Å²) in [7, 11) is 0. The maximum atomic E-state index is 12.9. The van der Waals surface area contributed by atoms with Gasteiger partial charge in [0.15, 0.2) is 5.16 Å². The lowest BCUT2D eigenvalue weighted by Crippen LogP contribution is -2.22. The molecule has 5 aromatic rings. The van der Waals surface area contributed by atoms with Crippen molar-refractivity contribution in [3.05, 3.63) is 77.4 Å². The molecule has 9 nitrogen and oxygen atoms in total. The Morgan fingerprint density at radius 1 is 1.15 bits per heavy atom. The van der Waals surface area contributed by atoms with Crippen molar-refractivity contribution in [2.24, 2.45) is 0 Å². The van der Waals surface area contributed by atoms with Gasteiger partial charge in [-0.3, -0.25) is 13.8 Å². The number of benzene rings is 2. The van der Waals surface area contributed by atoms with Crippen LogP contribution in [-0.4, -0.2) is 35.9 Å². The van der Waals surface area contributed by atoms with Crippen molar-refractivity contribution in [1.82, 2.24) is 29.3 Å². The predicted octanol–water partition coefficient (Wildman–Crippen LogP) is 3.97. The highest BCUT2D eigenvalue weighted by Crippen LogP contribution is 2.29. The van der Waals surface area contributed by atoms with Gasteiger partial charge in [-0.2, -0.15) is 4.98 Å². The average Bonchev–Trinajstić information content (AvgIpc) is 3.48. The maximum Gasteiger partial charge on any atom is 0.263 e. The number of nitrogens with zero attached hydrogens (tertiary/aromatic N) is 6. The molecular weight excluding hydrogens is 440 g/mol. The molecule has 0 unspecified atom stereocenters. The monoisotopic (exact) mass is 460 g/mol. The van der Waals surface area contributed by atoms with Crippen LogP contribution in [0.2, 0.25) is 0 Å². The fourth-order valence-electron chi connectivity index (χ4n) is 3.60. The molecule has 0 atom stereocenters. The van der Waals surface area contributed by atoms with Crippen LogP contribution in [-0.2, 0) is 12.3 Å². The summed E-state index contributed by atoms with van der Waals surface area (Å²) in [5.74, 6) is 2.46. The van der Waals surface area contributed by atoms with Crippen LogP contribution in [0.3, 0.4) is 0 Å². The second-order valence-corrected chi connectivity index (χ2v) is 8.01. The largest absolute Gasteiger partial charge is 0.493 e. The molecule has 2 aromatic carbocycles. The van der Waals surface area contributed by atoms with Gasteiger partial charge in [-0.25, -0.2) is 0 Å². The van der Waals surface area contributed by atoms with Crippen molar-refractivity contribution in [3.8, 4) is 17.1 Å². The van der Waals surface area contributed by atoms with Crippen molar-refractivity contribution in [2.75, 3.05) is 6.61 Å². The second-order valence-electron chi connectivity index (χ2n) is 7.07. The Kier molecular flexibility index (Phi) is 5.66. The third kappa shape index (κ3) is 3.78. The van der Waals surface area contributed by atoms with Gasteiger partial charge in [-0.1, -0.05) is 47.3 Å². The van der Waals surface area contributed by atoms with Gasteiger partial charge in [0, 0.05) is 6.54 Å². The highest BCUT2D eigenvalue weighted by Gasteiger charge is 2.18. The zero-order chi connectivity index (χ0) is 22.8. The van der Waals surface area contributed by atoms with Gasteiger partial charge in [0.1, 0.15) is 5.75 Å². The Labute approximate surface area is 192 Å². The van der Waals surface area contributed by atoms with E-state index in [2.05, 4.69) is 26.9 Å². The van der Waals surface area contributed by atoms with Crippen molar-refractivity contribution in [1.29, 1.82) is 0 Å². The molecule has 0 spiro atoms. The number of allylic oxidation sites excluding steroid dienone is 1. The first kappa shape index (κ1) is 21.0. The Hall–Kier alpha value is -3.92. The lowest BCUT2D eigenvalue weighted by molar-refractivity contribution is 0.341. The lowest BCUT2D eigenvalue weighted by Gasteiger charge is -2.09. The molecule has 0 amide bonds. The smallest absolute Gasteiger partial charge is 0.263 e. The molecule has 0 radical (unpaired) electrons. The van der Waals surface area contributed by atoms with E-state index in [1.54, 1.807) is 16.7 Å². The molecule has 3 aromatic heterocycles. The summed E-state index contributed by atoms with van der Waals surface area (Å²) in [6.07, 6.45) is 1.66. The average molecular weight is 461 g/mol. The minimum Gasteiger partial charge on any atom is -0.493 e. The standard InChI is InChI=1S/C23H20N6O3S/c1-3-13-28-21(30)15-9-5-7-11-17(15)29-22(28)25-26-23(29)33-14-19-24-20(27-32-19)16-10-6-8-12-18(16)31-4-2/h3,5-12H,1,4,13-14H2,2H3. The molecular formula is C23H20N6O3S. The first-order chi connectivity index (χ1) is 16.2. The molecule has 33 heavy (non-hydrogen) atoms. The van der Waals surface area contributed by atoms with E-state index in [0.29, 0.717) is 52.7 Å². The van der Waals surface area contributed by atoms with Crippen LogP contribution in [0.4, 0.5) is 0 Å². The minimum atomic E-state index is -0.128. The number of fused-ring (bicyclic) bond motifs is 3. The summed E-state index contributed by atoms with van der Waals surface area (Å²) in [6, 6.07) is 15.0. The number of hydrogen-bond donors (Lipinski definition) is 0. The van der Waals surface area contributed by atoms with E-state index < -0.39 is 0 Å². The maximum absolute atomic E-state index is 12.9. The van der Waals surface area contributed by atoms with Gasteiger partial charge in [0.25, 0.3) is 5.56 Å². The van der Waals surface area contributed by atoms with E-state index in [9.17, 15) is 4.79 Å². The van der Waals surface area contributed by atoms with Gasteiger partial charge in [0.05, 0.1) is 28.8 Å². The van der Waals surface area contributed by atoms with E-state index in [1.165, 1.54) is 11.8 Å². The van der Waals surface area contributed by atoms with E-state index in [1.807, 2.05) is 53.8 Å². The third-order valence-electron chi connectivity index (χ3n) is 5.01. The van der Waals surface area contributed by atoms with E-state index >= 15 is 0 Å². The van der Waals surface area contributed by atoms with Crippen LogP contribution in [0.15, 0.2) is 75.7 Å². The van der Waals surface area contributed by atoms with Gasteiger partial charge in [-0.15, -0.1) is 16.8 Å². The first-order valence-corrected chi connectivity index (χ1v) is 11.3. The number of ether oxygens (including phenoxy) is 1. The summed E-state index contributed by atoms with van der Waals surface area (Å²) in [5, 5.41) is 13.9. The summed E-state index contributed by atoms with van der Waals surface area (Å²) < 4.78 is 14.6. The fraction of sp³-hybridized carbons (Fsp3) is 0.174. The van der Waals surface area contributed by atoms with Crippen LogP contribution >= 0.6 is 11.8 Å². The Balaban J connectivity index is 1.48. The zero-order valence-electron chi connectivity index (χ0n) is 17.8. The van der Waals surface area contributed by atoms with Crippen LogP contribution in [0.25, 0.3) is 28.1 Å². The topological polar surface area (TPSA) is 100 Å². The number of para-hydroxylation sites is 2. The summed E-state index contributed by atoms with van der Waals surface area (Å²) >= 11 is 1.40. The van der Waals surface area contributed by atoms with Crippen molar-refractivity contribution in [2.45, 2.75) is 24.4 Å². The van der Waals surface area contributed by atoms with Gasteiger partial charge in [-0.05, 0) is 31.2 Å². The van der Waals surface area contributed by atoms with Gasteiger partial charge in [0.2, 0.25) is 17.5 Å². The van der Waals surface area contributed by atoms with Gasteiger partial charge < -0.3 is 9.26 Å². The van der Waals surface area contributed by atoms with Crippen LogP contribution in [0, 0.1) is 0 Å². The molecule has 0 N–H and O–H groups in total. The van der Waals surface area contributed by atoms with Crippen LogP contribution in [0.5, 0.6) is 5.75 Å². The molecule has 0 aliphatic carbocycles. The molecule has 0 aliphatic rings. The van der Waals surface area contributed by atoms with Crippen LogP contribution in [0.1, 0.15) is 12.8 Å². The molecule has 0 saturated heterocycles. The molecule has 0 aliphatic heterocycles. The minimum absolute atomic E-state index is 0.128. The lowest BCUT2D eigenvalue weighted by atomic mass is 10.2. The molecule has 0 saturated carbocycles. The second kappa shape index (κ2) is 8.91. The molecule has 166 valence electrons. The SMILES string of the molecule is C=CCn1c(=O)c2ccccc2n2c(SCc3nc(-c4ccccc4OCC)no3)nnc12. The van der Waals surface area contributed by atoms with Crippen molar-refractivity contribution in [3.63, 3.8) is 0 Å². The summed E-state index contributed by atoms with van der Waals surface area (Å²) in [5.41, 5.74) is 1.38. The number of hydrogen-bond acceptors (Lipinski definition) is 8.